The molecule has 2 amide bonds. The highest BCUT2D eigenvalue weighted by atomic mass is 35.5. The topological polar surface area (TPSA) is 86.8 Å². The van der Waals surface area contributed by atoms with Gasteiger partial charge in [-0.1, -0.05) is 96.5 Å². The molecule has 4 aromatic carbocycles. The average Bonchev–Trinajstić information content (AvgIpc) is 3.00. The molecule has 4 aromatic rings. The fourth-order valence-corrected chi connectivity index (χ4v) is 6.39. The lowest BCUT2D eigenvalue weighted by molar-refractivity contribution is -0.140. The third kappa shape index (κ3) is 7.38. The van der Waals surface area contributed by atoms with Crippen molar-refractivity contribution in [1.29, 1.82) is 0 Å². The van der Waals surface area contributed by atoms with E-state index in [2.05, 4.69) is 5.32 Å². The zero-order chi connectivity index (χ0) is 30.1. The Kier molecular flexibility index (Phi) is 10.4. The smallest absolute Gasteiger partial charge is 0.264 e. The highest BCUT2D eigenvalue weighted by Crippen LogP contribution is 2.31. The van der Waals surface area contributed by atoms with Crippen LogP contribution in [0.15, 0.2) is 114 Å². The largest absolute Gasteiger partial charge is 0.355 e. The first-order chi connectivity index (χ1) is 20.2. The lowest BCUT2D eigenvalue weighted by atomic mass is 10.0. The summed E-state index contributed by atoms with van der Waals surface area (Å²) in [4.78, 5) is 29.4. The quantitative estimate of drug-likeness (QED) is 0.228. The molecule has 0 aliphatic rings. The number of nitrogens with one attached hydrogen (secondary N) is 1. The number of amides is 2. The molecule has 0 aromatic heterocycles. The number of hydrogen-bond donors (Lipinski definition) is 1. The van der Waals surface area contributed by atoms with Crippen LogP contribution in [0.2, 0.25) is 5.02 Å². The Morgan fingerprint density at radius 3 is 1.98 bits per heavy atom. The third-order valence-corrected chi connectivity index (χ3v) is 9.12. The van der Waals surface area contributed by atoms with E-state index in [1.54, 1.807) is 43.3 Å². The van der Waals surface area contributed by atoms with Gasteiger partial charge in [0.15, 0.2) is 0 Å². The van der Waals surface area contributed by atoms with Gasteiger partial charge in [-0.15, -0.1) is 0 Å². The molecule has 9 heteroatoms. The number of carbonyl (C=O) groups excluding carboxylic acids is 2. The van der Waals surface area contributed by atoms with E-state index < -0.39 is 28.5 Å². The van der Waals surface area contributed by atoms with Crippen molar-refractivity contribution in [3.8, 4) is 0 Å². The van der Waals surface area contributed by atoms with Crippen LogP contribution in [0.5, 0.6) is 0 Å². The maximum Gasteiger partial charge on any atom is 0.264 e. The minimum absolute atomic E-state index is 0.0383. The van der Waals surface area contributed by atoms with E-state index in [9.17, 15) is 18.0 Å². The Morgan fingerprint density at radius 1 is 0.810 bits per heavy atom. The van der Waals surface area contributed by atoms with Gasteiger partial charge >= 0.3 is 0 Å². The van der Waals surface area contributed by atoms with E-state index >= 15 is 0 Å². The molecule has 4 rings (SSSR count). The summed E-state index contributed by atoms with van der Waals surface area (Å²) in [6.07, 6.45) is 0.257. The van der Waals surface area contributed by atoms with Crippen molar-refractivity contribution in [2.75, 3.05) is 17.4 Å². The molecule has 42 heavy (non-hydrogen) atoms. The Labute approximate surface area is 252 Å². The number of anilines is 1. The van der Waals surface area contributed by atoms with Crippen LogP contribution in [0.1, 0.15) is 23.6 Å². The fraction of sp³-hybridized carbons (Fsp3) is 0.212. The Hall–Kier alpha value is -4.14. The summed E-state index contributed by atoms with van der Waals surface area (Å²) < 4.78 is 29.2. The van der Waals surface area contributed by atoms with Crippen molar-refractivity contribution in [2.45, 2.75) is 37.8 Å². The van der Waals surface area contributed by atoms with Crippen LogP contribution in [0.4, 0.5) is 5.69 Å². The Balaban J connectivity index is 1.81. The van der Waals surface area contributed by atoms with Gasteiger partial charge in [-0.2, -0.15) is 0 Å². The molecule has 218 valence electrons. The second-order valence-electron chi connectivity index (χ2n) is 9.82. The first-order valence-electron chi connectivity index (χ1n) is 13.7. The number of sulfonamides is 1. The van der Waals surface area contributed by atoms with Crippen molar-refractivity contribution in [3.05, 3.63) is 131 Å². The van der Waals surface area contributed by atoms with Gasteiger partial charge in [-0.3, -0.25) is 13.9 Å². The summed E-state index contributed by atoms with van der Waals surface area (Å²) in [5.74, 6) is -0.841. The zero-order valence-corrected chi connectivity index (χ0v) is 25.2. The van der Waals surface area contributed by atoms with Gasteiger partial charge in [-0.25, -0.2) is 8.42 Å². The van der Waals surface area contributed by atoms with Crippen LogP contribution in [0.25, 0.3) is 0 Å². The standard InChI is InChI=1S/C33H34ClN3O4S/c1-3-35-33(39)31(22-26-14-7-4-8-15-26)36(23-27-16-9-5-10-17-27)32(38)24-37(30-21-13-20-29(34)25(30)2)42(40,41)28-18-11-6-12-19-28/h4-21,31H,3,22-24H2,1-2H3,(H,35,39)/t31-/m0/s1. The number of benzene rings is 4. The minimum Gasteiger partial charge on any atom is -0.355 e. The van der Waals surface area contributed by atoms with Crippen LogP contribution >= 0.6 is 11.6 Å². The van der Waals surface area contributed by atoms with Gasteiger partial charge in [-0.05, 0) is 54.8 Å². The molecular weight excluding hydrogens is 570 g/mol. The third-order valence-electron chi connectivity index (χ3n) is 6.94. The molecular formula is C33H34ClN3O4S. The molecule has 0 bridgehead atoms. The van der Waals surface area contributed by atoms with Gasteiger partial charge in [0.05, 0.1) is 10.6 Å². The summed E-state index contributed by atoms with van der Waals surface area (Å²) in [6.45, 7) is 3.49. The SMILES string of the molecule is CCNC(=O)[C@H](Cc1ccccc1)N(Cc1ccccc1)C(=O)CN(c1cccc(Cl)c1C)S(=O)(=O)c1ccccc1. The van der Waals surface area contributed by atoms with E-state index in [4.69, 9.17) is 11.6 Å². The lowest BCUT2D eigenvalue weighted by Gasteiger charge is -2.34. The van der Waals surface area contributed by atoms with Crippen LogP contribution in [-0.2, 0) is 32.6 Å². The monoisotopic (exact) mass is 603 g/mol. The normalized spacial score (nSPS) is 11.9. The molecule has 0 radical (unpaired) electrons. The molecule has 0 aliphatic heterocycles. The molecule has 0 saturated carbocycles. The predicted octanol–water partition coefficient (Wildman–Crippen LogP) is 5.62. The van der Waals surface area contributed by atoms with Crippen LogP contribution in [-0.4, -0.2) is 44.3 Å². The molecule has 0 heterocycles. The summed E-state index contributed by atoms with van der Waals surface area (Å²) in [5.41, 5.74) is 2.49. The Bertz CT molecular complexity index is 1600. The highest BCUT2D eigenvalue weighted by Gasteiger charge is 2.35. The number of hydrogen-bond acceptors (Lipinski definition) is 4. The number of likely N-dealkylation sites (N-methyl/N-ethyl adjacent to an activating group) is 1. The number of rotatable bonds is 12. The Morgan fingerprint density at radius 2 is 1.38 bits per heavy atom. The van der Waals surface area contributed by atoms with E-state index in [0.717, 1.165) is 15.4 Å². The highest BCUT2D eigenvalue weighted by molar-refractivity contribution is 7.92. The van der Waals surface area contributed by atoms with Gasteiger partial charge in [0, 0.05) is 24.5 Å². The van der Waals surface area contributed by atoms with E-state index in [1.165, 1.54) is 17.0 Å². The number of carbonyl (C=O) groups is 2. The van der Waals surface area contributed by atoms with E-state index in [-0.39, 0.29) is 29.5 Å². The first kappa shape index (κ1) is 30.8. The summed E-state index contributed by atoms with van der Waals surface area (Å²) >= 11 is 6.41. The van der Waals surface area contributed by atoms with Crippen molar-refractivity contribution in [2.24, 2.45) is 0 Å². The van der Waals surface area contributed by atoms with Crippen molar-refractivity contribution < 1.29 is 18.0 Å². The van der Waals surface area contributed by atoms with E-state index in [0.29, 0.717) is 17.1 Å². The number of halogens is 1. The zero-order valence-electron chi connectivity index (χ0n) is 23.6. The molecule has 1 N–H and O–H groups in total. The fourth-order valence-electron chi connectivity index (χ4n) is 4.73. The first-order valence-corrected chi connectivity index (χ1v) is 15.5. The molecule has 0 fully saturated rings. The molecule has 0 aliphatic carbocycles. The maximum atomic E-state index is 14.4. The van der Waals surface area contributed by atoms with Crippen molar-refractivity contribution in [1.82, 2.24) is 10.2 Å². The van der Waals surface area contributed by atoms with Gasteiger partial charge in [0.25, 0.3) is 10.0 Å². The van der Waals surface area contributed by atoms with Gasteiger partial charge < -0.3 is 10.2 Å². The predicted molar refractivity (Wildman–Crippen MR) is 167 cm³/mol. The molecule has 7 nitrogen and oxygen atoms in total. The molecule has 0 unspecified atom stereocenters. The summed E-state index contributed by atoms with van der Waals surface area (Å²) in [6, 6.07) is 30.8. The molecule has 1 atom stereocenters. The molecule has 0 saturated heterocycles. The van der Waals surface area contributed by atoms with Crippen LogP contribution in [0, 0.1) is 6.92 Å². The summed E-state index contributed by atoms with van der Waals surface area (Å²) in [5, 5.41) is 3.24. The van der Waals surface area contributed by atoms with Crippen LogP contribution in [0.3, 0.4) is 0 Å². The van der Waals surface area contributed by atoms with Crippen molar-refractivity contribution >= 4 is 39.1 Å². The molecule has 0 spiro atoms. The lowest BCUT2D eigenvalue weighted by Crippen LogP contribution is -2.53. The maximum absolute atomic E-state index is 14.4. The number of nitrogens with zero attached hydrogens (tertiary/aromatic N) is 2. The average molecular weight is 604 g/mol. The van der Waals surface area contributed by atoms with E-state index in [1.807, 2.05) is 67.6 Å². The second kappa shape index (κ2) is 14.2. The van der Waals surface area contributed by atoms with Crippen LogP contribution < -0.4 is 9.62 Å². The second-order valence-corrected chi connectivity index (χ2v) is 12.1. The summed E-state index contributed by atoms with van der Waals surface area (Å²) in [7, 11) is -4.18. The van der Waals surface area contributed by atoms with Gasteiger partial charge in [0.1, 0.15) is 12.6 Å². The van der Waals surface area contributed by atoms with Crippen molar-refractivity contribution in [3.63, 3.8) is 0 Å². The van der Waals surface area contributed by atoms with Gasteiger partial charge in [0.2, 0.25) is 11.8 Å². The minimum atomic E-state index is -4.18.